The Labute approximate surface area is 103 Å². The van der Waals surface area contributed by atoms with Crippen LogP contribution in [0.5, 0.6) is 0 Å². The largest absolute Gasteiger partial charge is 0.371 e. The summed E-state index contributed by atoms with van der Waals surface area (Å²) in [5.41, 5.74) is -0.222. The molecule has 92 valence electrons. The molecule has 0 atom stereocenters. The number of pyridine rings is 1. The van der Waals surface area contributed by atoms with Gasteiger partial charge in [-0.25, -0.2) is 9.37 Å². The molecule has 0 saturated carbocycles. The number of carbonyl (C=O) groups excluding carboxylic acids is 1. The van der Waals surface area contributed by atoms with Gasteiger partial charge < -0.3 is 10.2 Å². The molecule has 1 N–H and O–H groups in total. The molecule has 1 aromatic heterocycles. The van der Waals surface area contributed by atoms with E-state index in [2.05, 4.69) is 10.3 Å². The lowest BCUT2D eigenvalue weighted by atomic mass is 10.2. The van der Waals surface area contributed by atoms with Crippen LogP contribution in [0.4, 0.5) is 10.2 Å². The highest BCUT2D eigenvalue weighted by Gasteiger charge is 2.21. The summed E-state index contributed by atoms with van der Waals surface area (Å²) in [6, 6.07) is 4.71. The Morgan fingerprint density at radius 3 is 2.61 bits per heavy atom. The summed E-state index contributed by atoms with van der Waals surface area (Å²) in [5, 5.41) is 19.6. The zero-order valence-electron chi connectivity index (χ0n) is 9.64. The molecule has 18 heavy (non-hydrogen) atoms. The Morgan fingerprint density at radius 1 is 1.50 bits per heavy atom. The lowest BCUT2D eigenvalue weighted by Gasteiger charge is -2.16. The normalized spacial score (nSPS) is 9.11. The second-order valence-corrected chi connectivity index (χ2v) is 3.25. The van der Waals surface area contributed by atoms with E-state index in [1.54, 1.807) is 12.1 Å². The van der Waals surface area contributed by atoms with E-state index in [1.165, 1.54) is 19.3 Å². The van der Waals surface area contributed by atoms with Crippen LogP contribution in [0.15, 0.2) is 12.3 Å². The minimum atomic E-state index is -0.800. The van der Waals surface area contributed by atoms with Crippen molar-refractivity contribution in [2.24, 2.45) is 0 Å². The molecular formula is C11H10FN5O. The molecule has 0 aliphatic heterocycles. The van der Waals surface area contributed by atoms with Crippen LogP contribution in [-0.4, -0.2) is 35.9 Å². The highest BCUT2D eigenvalue weighted by molar-refractivity contribution is 5.95. The fraction of sp³-hybridized carbons (Fsp3) is 0.273. The van der Waals surface area contributed by atoms with Gasteiger partial charge in [-0.3, -0.25) is 4.79 Å². The summed E-state index contributed by atoms with van der Waals surface area (Å²) in [7, 11) is 1.47. The van der Waals surface area contributed by atoms with Crippen molar-refractivity contribution in [3.8, 4) is 12.1 Å². The molecule has 0 bridgehead atoms. The number of aromatic nitrogens is 1. The number of nitrogens with zero attached hydrogens (tertiary/aromatic N) is 4. The predicted molar refractivity (Wildman–Crippen MR) is 60.9 cm³/mol. The van der Waals surface area contributed by atoms with Gasteiger partial charge in [0.1, 0.15) is 13.1 Å². The molecule has 0 saturated heterocycles. The van der Waals surface area contributed by atoms with Crippen LogP contribution in [0.1, 0.15) is 10.4 Å². The van der Waals surface area contributed by atoms with Crippen molar-refractivity contribution < 1.29 is 9.18 Å². The molecule has 6 nitrogen and oxygen atoms in total. The van der Waals surface area contributed by atoms with Gasteiger partial charge >= 0.3 is 0 Å². The number of amides is 1. The number of nitrogens with one attached hydrogen (secondary N) is 1. The highest BCUT2D eigenvalue weighted by atomic mass is 19.1. The van der Waals surface area contributed by atoms with Crippen molar-refractivity contribution in [1.82, 2.24) is 9.88 Å². The summed E-state index contributed by atoms with van der Waals surface area (Å²) in [6.07, 6.45) is 1.28. The Morgan fingerprint density at radius 2 is 2.11 bits per heavy atom. The van der Waals surface area contributed by atoms with Crippen molar-refractivity contribution in [3.05, 3.63) is 23.6 Å². The molecule has 0 fully saturated rings. The van der Waals surface area contributed by atoms with Crippen molar-refractivity contribution in [2.75, 3.05) is 25.5 Å². The van der Waals surface area contributed by atoms with Gasteiger partial charge in [0.15, 0.2) is 11.6 Å². The standard InChI is InChI=1S/C11H10FN5O/c1-15-10-9(12)8(2-5-16-10)11(18)17(6-3-13)7-4-14/h2,5H,6-7H2,1H3,(H,15,16). The summed E-state index contributed by atoms with van der Waals surface area (Å²) < 4.78 is 13.8. The van der Waals surface area contributed by atoms with Crippen molar-refractivity contribution in [1.29, 1.82) is 10.5 Å². The first-order valence-corrected chi connectivity index (χ1v) is 5.01. The molecule has 1 aromatic rings. The third kappa shape index (κ3) is 2.71. The smallest absolute Gasteiger partial charge is 0.258 e. The first kappa shape index (κ1) is 13.4. The zero-order valence-corrected chi connectivity index (χ0v) is 9.64. The van der Waals surface area contributed by atoms with Gasteiger partial charge in [-0.15, -0.1) is 0 Å². The van der Waals surface area contributed by atoms with Crippen LogP contribution in [0.25, 0.3) is 0 Å². The van der Waals surface area contributed by atoms with Gasteiger partial charge in [0.2, 0.25) is 0 Å². The summed E-state index contributed by atoms with van der Waals surface area (Å²) >= 11 is 0. The van der Waals surface area contributed by atoms with Crippen LogP contribution in [-0.2, 0) is 0 Å². The molecular weight excluding hydrogens is 237 g/mol. The van der Waals surface area contributed by atoms with Crippen molar-refractivity contribution in [3.63, 3.8) is 0 Å². The number of carbonyl (C=O) groups is 1. The maximum atomic E-state index is 13.8. The minimum absolute atomic E-state index is 0.0604. The molecule has 0 aliphatic rings. The third-order valence-electron chi connectivity index (χ3n) is 2.17. The molecule has 1 heterocycles. The Bertz CT molecular complexity index is 515. The predicted octanol–water partition coefficient (Wildman–Crippen LogP) is 0.752. The molecule has 7 heteroatoms. The van der Waals surface area contributed by atoms with Crippen molar-refractivity contribution >= 4 is 11.7 Å². The maximum absolute atomic E-state index is 13.8. The van der Waals surface area contributed by atoms with E-state index in [4.69, 9.17) is 10.5 Å². The summed E-state index contributed by atoms with van der Waals surface area (Å²) in [6.45, 7) is -0.550. The maximum Gasteiger partial charge on any atom is 0.258 e. The number of halogens is 1. The lowest BCUT2D eigenvalue weighted by molar-refractivity contribution is 0.0790. The van der Waals surface area contributed by atoms with E-state index in [0.717, 1.165) is 4.90 Å². The molecule has 0 radical (unpaired) electrons. The van der Waals surface area contributed by atoms with Gasteiger partial charge in [0.25, 0.3) is 5.91 Å². The van der Waals surface area contributed by atoms with Crippen LogP contribution in [0.3, 0.4) is 0 Å². The minimum Gasteiger partial charge on any atom is -0.371 e. The van der Waals surface area contributed by atoms with Crippen LogP contribution < -0.4 is 5.32 Å². The van der Waals surface area contributed by atoms with E-state index in [9.17, 15) is 9.18 Å². The molecule has 1 amide bonds. The van der Waals surface area contributed by atoms with Gasteiger partial charge in [-0.05, 0) is 6.07 Å². The van der Waals surface area contributed by atoms with Crippen molar-refractivity contribution in [2.45, 2.75) is 0 Å². The third-order valence-corrected chi connectivity index (χ3v) is 2.17. The summed E-state index contributed by atoms with van der Waals surface area (Å²) in [5.74, 6) is -1.57. The number of hydrogen-bond acceptors (Lipinski definition) is 5. The van der Waals surface area contributed by atoms with E-state index in [1.807, 2.05) is 0 Å². The fourth-order valence-electron chi connectivity index (χ4n) is 1.32. The molecule has 0 spiro atoms. The monoisotopic (exact) mass is 247 g/mol. The number of hydrogen-bond donors (Lipinski definition) is 1. The average Bonchev–Trinajstić information content (AvgIpc) is 2.38. The Balaban J connectivity index is 3.10. The Hall–Kier alpha value is -2.67. The van der Waals surface area contributed by atoms with Crippen LogP contribution >= 0.6 is 0 Å². The second-order valence-electron chi connectivity index (χ2n) is 3.25. The molecule has 0 unspecified atom stereocenters. The quantitative estimate of drug-likeness (QED) is 0.792. The van der Waals surface area contributed by atoms with E-state index < -0.39 is 11.7 Å². The van der Waals surface area contributed by atoms with E-state index in [-0.39, 0.29) is 24.5 Å². The first-order chi connectivity index (χ1) is 8.65. The first-order valence-electron chi connectivity index (χ1n) is 5.01. The molecule has 0 aromatic carbocycles. The van der Waals surface area contributed by atoms with Gasteiger partial charge in [0, 0.05) is 13.2 Å². The average molecular weight is 247 g/mol. The SMILES string of the molecule is CNc1nccc(C(=O)N(CC#N)CC#N)c1F. The van der Waals surface area contributed by atoms with Crippen LogP contribution in [0, 0.1) is 28.5 Å². The van der Waals surface area contributed by atoms with Gasteiger partial charge in [-0.1, -0.05) is 0 Å². The fourth-order valence-corrected chi connectivity index (χ4v) is 1.32. The lowest BCUT2D eigenvalue weighted by Crippen LogP contribution is -2.32. The topological polar surface area (TPSA) is 92.8 Å². The number of anilines is 1. The van der Waals surface area contributed by atoms with E-state index in [0.29, 0.717) is 0 Å². The van der Waals surface area contributed by atoms with E-state index >= 15 is 0 Å². The molecule has 0 aliphatic carbocycles. The van der Waals surface area contributed by atoms with Gasteiger partial charge in [0.05, 0.1) is 17.7 Å². The van der Waals surface area contributed by atoms with Crippen LogP contribution in [0.2, 0.25) is 0 Å². The zero-order chi connectivity index (χ0) is 13.5. The number of rotatable bonds is 4. The molecule has 1 rings (SSSR count). The number of nitriles is 2. The highest BCUT2D eigenvalue weighted by Crippen LogP contribution is 2.16. The second kappa shape index (κ2) is 6.16. The Kier molecular flexibility index (Phi) is 4.58. The summed E-state index contributed by atoms with van der Waals surface area (Å²) in [4.78, 5) is 16.6. The van der Waals surface area contributed by atoms with Gasteiger partial charge in [-0.2, -0.15) is 10.5 Å².